The molecule has 0 aliphatic carbocycles. The van der Waals surface area contributed by atoms with Crippen molar-refractivity contribution in [3.8, 4) is 0 Å². The van der Waals surface area contributed by atoms with E-state index in [4.69, 9.17) is 16.3 Å². The minimum atomic E-state index is -3.80. The SMILES string of the molecule is CCCc1cn(CC[C@H]2CC[C@H](NS(=O)(=O)c3ccccc3Cl)[C@H](CO)O2)nn1. The first-order chi connectivity index (χ1) is 13.9. The average Bonchev–Trinajstić information content (AvgIpc) is 3.15. The number of nitrogens with one attached hydrogen (secondary N) is 1. The van der Waals surface area contributed by atoms with Gasteiger partial charge < -0.3 is 9.84 Å². The van der Waals surface area contributed by atoms with Crippen LogP contribution in [0.2, 0.25) is 5.02 Å². The molecule has 0 radical (unpaired) electrons. The van der Waals surface area contributed by atoms with Crippen molar-refractivity contribution in [3.63, 3.8) is 0 Å². The van der Waals surface area contributed by atoms with Gasteiger partial charge in [-0.05, 0) is 37.8 Å². The smallest absolute Gasteiger partial charge is 0.242 e. The van der Waals surface area contributed by atoms with Crippen molar-refractivity contribution in [2.75, 3.05) is 6.61 Å². The molecule has 1 aliphatic heterocycles. The summed E-state index contributed by atoms with van der Waals surface area (Å²) in [4.78, 5) is 0.0227. The normalized spacial score (nSPS) is 22.7. The van der Waals surface area contributed by atoms with Gasteiger partial charge in [-0.3, -0.25) is 4.68 Å². The summed E-state index contributed by atoms with van der Waals surface area (Å²) in [5.41, 5.74) is 0.972. The van der Waals surface area contributed by atoms with E-state index in [1.54, 1.807) is 16.8 Å². The fraction of sp³-hybridized carbons (Fsp3) is 0.579. The number of hydrogen-bond acceptors (Lipinski definition) is 6. The summed E-state index contributed by atoms with van der Waals surface area (Å²) in [6, 6.07) is 5.76. The van der Waals surface area contributed by atoms with Gasteiger partial charge in [-0.25, -0.2) is 13.1 Å². The van der Waals surface area contributed by atoms with Gasteiger partial charge in [0.15, 0.2) is 0 Å². The Labute approximate surface area is 176 Å². The number of rotatable bonds is 9. The lowest BCUT2D eigenvalue weighted by molar-refractivity contribution is -0.0891. The molecule has 3 atom stereocenters. The van der Waals surface area contributed by atoms with Crippen molar-refractivity contribution in [1.82, 2.24) is 19.7 Å². The summed E-state index contributed by atoms with van der Waals surface area (Å²) >= 11 is 6.03. The number of benzene rings is 1. The van der Waals surface area contributed by atoms with Crippen molar-refractivity contribution in [3.05, 3.63) is 41.2 Å². The Balaban J connectivity index is 1.57. The first kappa shape index (κ1) is 22.2. The number of hydrogen-bond donors (Lipinski definition) is 2. The Morgan fingerprint density at radius 2 is 2.14 bits per heavy atom. The van der Waals surface area contributed by atoms with E-state index < -0.39 is 22.2 Å². The second-order valence-corrected chi connectivity index (χ2v) is 9.32. The van der Waals surface area contributed by atoms with Crippen LogP contribution in [-0.4, -0.2) is 53.4 Å². The number of aryl methyl sites for hydroxylation is 2. The monoisotopic (exact) mass is 442 g/mol. The number of halogens is 1. The lowest BCUT2D eigenvalue weighted by Crippen LogP contribution is -2.51. The lowest BCUT2D eigenvalue weighted by atomic mass is 9.98. The molecule has 1 fully saturated rings. The first-order valence-electron chi connectivity index (χ1n) is 9.85. The van der Waals surface area contributed by atoms with Crippen LogP contribution >= 0.6 is 11.6 Å². The standard InChI is InChI=1S/C19H27ClN4O4S/c1-2-5-14-12-24(23-21-14)11-10-15-8-9-17(18(13-25)28-15)22-29(26,27)19-7-4-3-6-16(19)20/h3-4,6-7,12,15,17-18,22,25H,2,5,8-11,13H2,1H3/t15-,17+,18+/m1/s1. The molecule has 2 aromatic rings. The minimum absolute atomic E-state index is 0.0227. The molecule has 10 heteroatoms. The van der Waals surface area contributed by atoms with Crippen LogP contribution in [0.1, 0.15) is 38.3 Å². The van der Waals surface area contributed by atoms with Crippen molar-refractivity contribution >= 4 is 21.6 Å². The number of ether oxygens (including phenoxy) is 1. The summed E-state index contributed by atoms with van der Waals surface area (Å²) in [5.74, 6) is 0. The van der Waals surface area contributed by atoms with E-state index in [9.17, 15) is 13.5 Å². The molecule has 0 amide bonds. The van der Waals surface area contributed by atoms with Gasteiger partial charge in [-0.1, -0.05) is 42.3 Å². The predicted molar refractivity (Wildman–Crippen MR) is 109 cm³/mol. The molecule has 2 N–H and O–H groups in total. The van der Waals surface area contributed by atoms with Gasteiger partial charge in [-0.15, -0.1) is 5.10 Å². The van der Waals surface area contributed by atoms with Crippen LogP contribution in [0.15, 0.2) is 35.4 Å². The van der Waals surface area contributed by atoms with E-state index in [2.05, 4.69) is 22.0 Å². The molecular formula is C19H27ClN4O4S. The fourth-order valence-electron chi connectivity index (χ4n) is 3.50. The average molecular weight is 443 g/mol. The molecule has 3 rings (SSSR count). The van der Waals surface area contributed by atoms with Crippen LogP contribution in [0, 0.1) is 0 Å². The van der Waals surface area contributed by atoms with Gasteiger partial charge in [0, 0.05) is 12.7 Å². The fourth-order valence-corrected chi connectivity index (χ4v) is 5.32. The zero-order valence-electron chi connectivity index (χ0n) is 16.4. The van der Waals surface area contributed by atoms with Crippen molar-refractivity contribution in [1.29, 1.82) is 0 Å². The van der Waals surface area contributed by atoms with Crippen molar-refractivity contribution in [2.24, 2.45) is 0 Å². The molecule has 1 aromatic carbocycles. The zero-order valence-corrected chi connectivity index (χ0v) is 17.9. The second-order valence-electron chi connectivity index (χ2n) is 7.23. The Kier molecular flexibility index (Phi) is 7.64. The van der Waals surface area contributed by atoms with Gasteiger partial charge in [0.25, 0.3) is 0 Å². The van der Waals surface area contributed by atoms with E-state index >= 15 is 0 Å². The third kappa shape index (κ3) is 5.76. The summed E-state index contributed by atoms with van der Waals surface area (Å²) in [7, 11) is -3.80. The quantitative estimate of drug-likeness (QED) is 0.616. The minimum Gasteiger partial charge on any atom is -0.394 e. The predicted octanol–water partition coefficient (Wildman–Crippen LogP) is 2.16. The molecule has 8 nitrogen and oxygen atoms in total. The number of sulfonamides is 1. The summed E-state index contributed by atoms with van der Waals surface area (Å²) < 4.78 is 35.8. The first-order valence-corrected chi connectivity index (χ1v) is 11.7. The Bertz CT molecular complexity index is 905. The van der Waals surface area contributed by atoms with E-state index in [-0.39, 0.29) is 22.6 Å². The molecule has 1 saturated heterocycles. The zero-order chi connectivity index (χ0) is 20.9. The highest BCUT2D eigenvalue weighted by Crippen LogP contribution is 2.26. The van der Waals surface area contributed by atoms with Crippen molar-refractivity contribution in [2.45, 2.75) is 68.7 Å². The number of nitrogens with zero attached hydrogens (tertiary/aromatic N) is 3. The van der Waals surface area contributed by atoms with Crippen LogP contribution in [0.3, 0.4) is 0 Å². The molecule has 0 spiro atoms. The van der Waals surface area contributed by atoms with Gasteiger partial charge in [0.1, 0.15) is 4.90 Å². The van der Waals surface area contributed by atoms with E-state index in [0.29, 0.717) is 19.4 Å². The van der Waals surface area contributed by atoms with Crippen LogP contribution in [0.4, 0.5) is 0 Å². The Hall–Kier alpha value is -1.52. The third-order valence-electron chi connectivity index (χ3n) is 5.00. The molecule has 1 aliphatic rings. The topological polar surface area (TPSA) is 106 Å². The van der Waals surface area contributed by atoms with E-state index in [1.807, 2.05) is 6.20 Å². The second kappa shape index (κ2) is 9.99. The molecule has 0 saturated carbocycles. The van der Waals surface area contributed by atoms with Crippen LogP contribution in [-0.2, 0) is 27.7 Å². The Morgan fingerprint density at radius 3 is 2.86 bits per heavy atom. The highest BCUT2D eigenvalue weighted by Gasteiger charge is 2.34. The van der Waals surface area contributed by atoms with Gasteiger partial charge in [-0.2, -0.15) is 0 Å². The largest absolute Gasteiger partial charge is 0.394 e. The lowest BCUT2D eigenvalue weighted by Gasteiger charge is -2.36. The molecule has 160 valence electrons. The maximum atomic E-state index is 12.7. The summed E-state index contributed by atoms with van der Waals surface area (Å²) in [6.07, 6.45) is 5.14. The summed E-state index contributed by atoms with van der Waals surface area (Å²) in [6.45, 7) is 2.49. The molecule has 29 heavy (non-hydrogen) atoms. The van der Waals surface area contributed by atoms with Gasteiger partial charge in [0.2, 0.25) is 10.0 Å². The molecular weight excluding hydrogens is 416 g/mol. The Morgan fingerprint density at radius 1 is 1.34 bits per heavy atom. The molecule has 1 aromatic heterocycles. The van der Waals surface area contributed by atoms with Crippen LogP contribution < -0.4 is 4.72 Å². The van der Waals surface area contributed by atoms with E-state index in [0.717, 1.165) is 25.0 Å². The highest BCUT2D eigenvalue weighted by atomic mass is 35.5. The third-order valence-corrected chi connectivity index (χ3v) is 6.99. The summed E-state index contributed by atoms with van der Waals surface area (Å²) in [5, 5.41) is 18.1. The maximum absolute atomic E-state index is 12.7. The molecule has 0 unspecified atom stereocenters. The van der Waals surface area contributed by atoms with E-state index in [1.165, 1.54) is 12.1 Å². The number of aliphatic hydroxyl groups is 1. The number of aromatic nitrogens is 3. The highest BCUT2D eigenvalue weighted by molar-refractivity contribution is 7.89. The molecule has 0 bridgehead atoms. The molecule has 2 heterocycles. The van der Waals surface area contributed by atoms with Crippen LogP contribution in [0.25, 0.3) is 0 Å². The van der Waals surface area contributed by atoms with Gasteiger partial charge in [0.05, 0.1) is 35.6 Å². The maximum Gasteiger partial charge on any atom is 0.242 e. The van der Waals surface area contributed by atoms with Crippen molar-refractivity contribution < 1.29 is 18.3 Å². The number of aliphatic hydroxyl groups excluding tert-OH is 1. The van der Waals surface area contributed by atoms with Crippen LogP contribution in [0.5, 0.6) is 0 Å². The van der Waals surface area contributed by atoms with Gasteiger partial charge >= 0.3 is 0 Å².